The Labute approximate surface area is 124 Å². The van der Waals surface area contributed by atoms with Gasteiger partial charge in [-0.05, 0) is 55.3 Å². The van der Waals surface area contributed by atoms with Crippen molar-refractivity contribution in [2.75, 3.05) is 11.9 Å². The van der Waals surface area contributed by atoms with E-state index in [1.807, 2.05) is 44.2 Å². The normalized spacial score (nSPS) is 10.2. The Morgan fingerprint density at radius 2 is 1.86 bits per heavy atom. The molecule has 2 rings (SSSR count). The van der Waals surface area contributed by atoms with E-state index >= 15 is 0 Å². The SMILES string of the molecule is CCNC(=O)c1ccc(NCc2ccc(O)cc2)c(C)c1. The average Bonchev–Trinajstić information content (AvgIpc) is 2.48. The number of hydrogen-bond acceptors (Lipinski definition) is 3. The Morgan fingerprint density at radius 3 is 2.48 bits per heavy atom. The van der Waals surface area contributed by atoms with Gasteiger partial charge in [-0.15, -0.1) is 0 Å². The van der Waals surface area contributed by atoms with Gasteiger partial charge < -0.3 is 15.7 Å². The fourth-order valence-electron chi connectivity index (χ4n) is 2.08. The van der Waals surface area contributed by atoms with E-state index in [1.54, 1.807) is 12.1 Å². The van der Waals surface area contributed by atoms with Gasteiger partial charge in [0, 0.05) is 24.3 Å². The van der Waals surface area contributed by atoms with Crippen molar-refractivity contribution in [3.63, 3.8) is 0 Å². The van der Waals surface area contributed by atoms with Crippen molar-refractivity contribution in [1.29, 1.82) is 0 Å². The fraction of sp³-hybridized carbons (Fsp3) is 0.235. The van der Waals surface area contributed by atoms with Crippen LogP contribution in [0, 0.1) is 6.92 Å². The molecule has 0 atom stereocenters. The van der Waals surface area contributed by atoms with E-state index in [0.717, 1.165) is 16.8 Å². The maximum absolute atomic E-state index is 11.8. The Morgan fingerprint density at radius 1 is 1.14 bits per heavy atom. The summed E-state index contributed by atoms with van der Waals surface area (Å²) in [5.74, 6) is 0.215. The van der Waals surface area contributed by atoms with Gasteiger partial charge >= 0.3 is 0 Å². The molecule has 0 unspecified atom stereocenters. The summed E-state index contributed by atoms with van der Waals surface area (Å²) in [6.45, 7) is 5.17. The van der Waals surface area contributed by atoms with Crippen LogP contribution in [0.4, 0.5) is 5.69 Å². The number of carbonyl (C=O) groups is 1. The first-order valence-corrected chi connectivity index (χ1v) is 7.00. The molecular weight excluding hydrogens is 264 g/mol. The number of aromatic hydroxyl groups is 1. The lowest BCUT2D eigenvalue weighted by atomic mass is 10.1. The third kappa shape index (κ3) is 3.99. The summed E-state index contributed by atoms with van der Waals surface area (Å²) in [5.41, 5.74) is 3.78. The third-order valence-electron chi connectivity index (χ3n) is 3.25. The highest BCUT2D eigenvalue weighted by Gasteiger charge is 2.06. The topological polar surface area (TPSA) is 61.4 Å². The summed E-state index contributed by atoms with van der Waals surface area (Å²) in [4.78, 5) is 11.8. The van der Waals surface area contributed by atoms with Crippen LogP contribution in [0.1, 0.15) is 28.4 Å². The number of phenolic OH excluding ortho intramolecular Hbond substituents is 1. The predicted octanol–water partition coefficient (Wildman–Crippen LogP) is 3.06. The second-order valence-corrected chi connectivity index (χ2v) is 4.91. The van der Waals surface area contributed by atoms with Crippen LogP contribution in [-0.4, -0.2) is 17.6 Å². The zero-order chi connectivity index (χ0) is 15.2. The molecule has 3 N–H and O–H groups in total. The molecule has 0 aliphatic rings. The summed E-state index contributed by atoms with van der Waals surface area (Å²) >= 11 is 0. The molecule has 21 heavy (non-hydrogen) atoms. The van der Waals surface area contributed by atoms with Crippen molar-refractivity contribution < 1.29 is 9.90 Å². The van der Waals surface area contributed by atoms with E-state index in [-0.39, 0.29) is 11.7 Å². The van der Waals surface area contributed by atoms with Gasteiger partial charge in [-0.3, -0.25) is 4.79 Å². The molecule has 0 aromatic heterocycles. The van der Waals surface area contributed by atoms with Gasteiger partial charge in [0.2, 0.25) is 0 Å². The van der Waals surface area contributed by atoms with Gasteiger partial charge in [-0.2, -0.15) is 0 Å². The molecule has 0 radical (unpaired) electrons. The van der Waals surface area contributed by atoms with Crippen LogP contribution in [0.3, 0.4) is 0 Å². The van der Waals surface area contributed by atoms with E-state index in [1.165, 1.54) is 0 Å². The second-order valence-electron chi connectivity index (χ2n) is 4.91. The number of nitrogens with one attached hydrogen (secondary N) is 2. The predicted molar refractivity (Wildman–Crippen MR) is 84.6 cm³/mol. The number of amides is 1. The van der Waals surface area contributed by atoms with Crippen molar-refractivity contribution in [3.05, 3.63) is 59.2 Å². The van der Waals surface area contributed by atoms with Crippen molar-refractivity contribution in [2.24, 2.45) is 0 Å². The molecule has 2 aromatic rings. The van der Waals surface area contributed by atoms with E-state index in [2.05, 4.69) is 10.6 Å². The zero-order valence-electron chi connectivity index (χ0n) is 12.3. The average molecular weight is 284 g/mol. The molecule has 0 aliphatic heterocycles. The molecule has 0 spiro atoms. The third-order valence-corrected chi connectivity index (χ3v) is 3.25. The highest BCUT2D eigenvalue weighted by Crippen LogP contribution is 2.18. The monoisotopic (exact) mass is 284 g/mol. The molecule has 4 heteroatoms. The van der Waals surface area contributed by atoms with Crippen LogP contribution in [-0.2, 0) is 6.54 Å². The van der Waals surface area contributed by atoms with E-state index < -0.39 is 0 Å². The number of hydrogen-bond donors (Lipinski definition) is 3. The molecule has 0 heterocycles. The standard InChI is InChI=1S/C17H20N2O2/c1-3-18-17(21)14-6-9-16(12(2)10-14)19-11-13-4-7-15(20)8-5-13/h4-10,19-20H,3,11H2,1-2H3,(H,18,21). The molecule has 110 valence electrons. The Balaban J connectivity index is 2.04. The van der Waals surface area contributed by atoms with Gasteiger partial charge in [0.15, 0.2) is 0 Å². The van der Waals surface area contributed by atoms with Gasteiger partial charge in [0.05, 0.1) is 0 Å². The lowest BCUT2D eigenvalue weighted by Gasteiger charge is -2.11. The number of phenols is 1. The van der Waals surface area contributed by atoms with Crippen LogP contribution in [0.25, 0.3) is 0 Å². The maximum atomic E-state index is 11.8. The van der Waals surface area contributed by atoms with Crippen LogP contribution in [0.5, 0.6) is 5.75 Å². The fourth-order valence-corrected chi connectivity index (χ4v) is 2.08. The van der Waals surface area contributed by atoms with Crippen LogP contribution >= 0.6 is 0 Å². The summed E-state index contributed by atoms with van der Waals surface area (Å²) in [6.07, 6.45) is 0. The molecule has 2 aromatic carbocycles. The maximum Gasteiger partial charge on any atom is 0.251 e. The first kappa shape index (κ1) is 14.9. The molecule has 0 fully saturated rings. The van der Waals surface area contributed by atoms with Crippen molar-refractivity contribution in [3.8, 4) is 5.75 Å². The highest BCUT2D eigenvalue weighted by atomic mass is 16.3. The summed E-state index contributed by atoms with van der Waals surface area (Å²) in [5, 5.41) is 15.4. The Hall–Kier alpha value is -2.49. The lowest BCUT2D eigenvalue weighted by Crippen LogP contribution is -2.22. The van der Waals surface area contributed by atoms with Crippen molar-refractivity contribution in [1.82, 2.24) is 5.32 Å². The van der Waals surface area contributed by atoms with Gasteiger partial charge in [0.1, 0.15) is 5.75 Å². The quantitative estimate of drug-likeness (QED) is 0.790. The van der Waals surface area contributed by atoms with E-state index in [9.17, 15) is 9.90 Å². The number of rotatable bonds is 5. The number of carbonyl (C=O) groups excluding carboxylic acids is 1. The summed E-state index contributed by atoms with van der Waals surface area (Å²) in [6, 6.07) is 12.7. The summed E-state index contributed by atoms with van der Waals surface area (Å²) < 4.78 is 0. The highest BCUT2D eigenvalue weighted by molar-refractivity contribution is 5.94. The number of anilines is 1. The molecule has 0 aliphatic carbocycles. The Kier molecular flexibility index (Phi) is 4.82. The number of benzene rings is 2. The molecule has 0 saturated carbocycles. The molecule has 0 saturated heterocycles. The van der Waals surface area contributed by atoms with Crippen LogP contribution in [0.2, 0.25) is 0 Å². The van der Waals surface area contributed by atoms with Gasteiger partial charge in [-0.1, -0.05) is 12.1 Å². The molecule has 1 amide bonds. The minimum atomic E-state index is -0.0503. The Bertz CT molecular complexity index is 621. The zero-order valence-corrected chi connectivity index (χ0v) is 12.3. The van der Waals surface area contributed by atoms with Gasteiger partial charge in [0.25, 0.3) is 5.91 Å². The number of aryl methyl sites for hydroxylation is 1. The molecule has 0 bridgehead atoms. The largest absolute Gasteiger partial charge is 0.508 e. The van der Waals surface area contributed by atoms with E-state index in [4.69, 9.17) is 0 Å². The minimum Gasteiger partial charge on any atom is -0.508 e. The van der Waals surface area contributed by atoms with Crippen LogP contribution < -0.4 is 10.6 Å². The second kappa shape index (κ2) is 6.79. The first-order valence-electron chi connectivity index (χ1n) is 7.00. The van der Waals surface area contributed by atoms with Crippen molar-refractivity contribution in [2.45, 2.75) is 20.4 Å². The van der Waals surface area contributed by atoms with Gasteiger partial charge in [-0.25, -0.2) is 0 Å². The molecule has 4 nitrogen and oxygen atoms in total. The van der Waals surface area contributed by atoms with Crippen LogP contribution in [0.15, 0.2) is 42.5 Å². The smallest absolute Gasteiger partial charge is 0.251 e. The molecular formula is C17H20N2O2. The van der Waals surface area contributed by atoms with Crippen molar-refractivity contribution >= 4 is 11.6 Å². The van der Waals surface area contributed by atoms with E-state index in [0.29, 0.717) is 18.7 Å². The lowest BCUT2D eigenvalue weighted by molar-refractivity contribution is 0.0956. The first-order chi connectivity index (χ1) is 10.1. The minimum absolute atomic E-state index is 0.0503. The summed E-state index contributed by atoms with van der Waals surface area (Å²) in [7, 11) is 0.